The van der Waals surface area contributed by atoms with Crippen molar-refractivity contribution in [2.24, 2.45) is 5.92 Å². The van der Waals surface area contributed by atoms with E-state index >= 15 is 0 Å². The number of aromatic nitrogens is 4. The van der Waals surface area contributed by atoms with Crippen molar-refractivity contribution in [3.05, 3.63) is 57.1 Å². The van der Waals surface area contributed by atoms with E-state index in [1.54, 1.807) is 11.3 Å². The highest BCUT2D eigenvalue weighted by Gasteiger charge is 2.24. The zero-order valence-corrected chi connectivity index (χ0v) is 17.8. The van der Waals surface area contributed by atoms with E-state index < -0.39 is 0 Å². The summed E-state index contributed by atoms with van der Waals surface area (Å²) in [6.07, 6.45) is 5.57. The van der Waals surface area contributed by atoms with Gasteiger partial charge in [-0.3, -0.25) is 4.79 Å². The summed E-state index contributed by atoms with van der Waals surface area (Å²) in [7, 11) is 0. The monoisotopic (exact) mass is 421 g/mol. The van der Waals surface area contributed by atoms with E-state index in [9.17, 15) is 9.59 Å². The van der Waals surface area contributed by atoms with Gasteiger partial charge in [0.15, 0.2) is 5.65 Å². The van der Waals surface area contributed by atoms with Crippen LogP contribution in [-0.2, 0) is 30.6 Å². The van der Waals surface area contributed by atoms with Gasteiger partial charge in [-0.25, -0.2) is 18.9 Å². The molecule has 8 heteroatoms. The molecule has 5 rings (SSSR count). The van der Waals surface area contributed by atoms with Crippen molar-refractivity contribution in [1.82, 2.24) is 19.2 Å². The fourth-order valence-electron chi connectivity index (χ4n) is 4.17. The smallest absolute Gasteiger partial charge is 0.324 e. The van der Waals surface area contributed by atoms with Gasteiger partial charge < -0.3 is 5.32 Å². The van der Waals surface area contributed by atoms with Gasteiger partial charge >= 0.3 is 5.69 Å². The molecular weight excluding hydrogens is 398 g/mol. The second-order valence-electron chi connectivity index (χ2n) is 8.01. The molecule has 0 aliphatic heterocycles. The molecule has 1 aliphatic rings. The van der Waals surface area contributed by atoms with E-state index in [-0.39, 0.29) is 18.1 Å². The molecule has 7 nitrogen and oxygen atoms in total. The molecule has 0 saturated heterocycles. The summed E-state index contributed by atoms with van der Waals surface area (Å²) in [5.41, 5.74) is 3.38. The van der Waals surface area contributed by atoms with E-state index in [1.165, 1.54) is 25.9 Å². The summed E-state index contributed by atoms with van der Waals surface area (Å²) in [6.45, 7) is 4.20. The topological polar surface area (TPSA) is 81.3 Å². The maximum atomic E-state index is 12.8. The van der Waals surface area contributed by atoms with Gasteiger partial charge in [-0.15, -0.1) is 16.4 Å². The Morgan fingerprint density at radius 1 is 1.37 bits per heavy atom. The molecule has 0 bridgehead atoms. The van der Waals surface area contributed by atoms with E-state index in [4.69, 9.17) is 0 Å². The first-order valence-electron chi connectivity index (χ1n) is 10.3. The number of amides is 1. The number of nitrogens with zero attached hydrogens (tertiary/aromatic N) is 4. The highest BCUT2D eigenvalue weighted by molar-refractivity contribution is 7.19. The Morgan fingerprint density at radius 3 is 3.07 bits per heavy atom. The lowest BCUT2D eigenvalue weighted by Gasteiger charge is -2.17. The summed E-state index contributed by atoms with van der Waals surface area (Å²) >= 11 is 1.70. The second-order valence-corrected chi connectivity index (χ2v) is 9.10. The fourth-order valence-corrected chi connectivity index (χ4v) is 5.52. The molecule has 1 N–H and O–H groups in total. The minimum atomic E-state index is -0.346. The van der Waals surface area contributed by atoms with Gasteiger partial charge in [0.1, 0.15) is 17.7 Å². The Labute approximate surface area is 177 Å². The number of hydrogen-bond acceptors (Lipinski definition) is 5. The van der Waals surface area contributed by atoms with Gasteiger partial charge in [-0.05, 0) is 54.9 Å². The van der Waals surface area contributed by atoms with Gasteiger partial charge in [0, 0.05) is 10.6 Å². The van der Waals surface area contributed by atoms with Crippen LogP contribution in [0.5, 0.6) is 0 Å². The molecule has 1 atom stereocenters. The van der Waals surface area contributed by atoms with Crippen molar-refractivity contribution < 1.29 is 4.79 Å². The van der Waals surface area contributed by atoms with Crippen LogP contribution in [0.1, 0.15) is 36.3 Å². The number of anilines is 1. The quantitative estimate of drug-likeness (QED) is 0.547. The molecule has 3 heterocycles. The van der Waals surface area contributed by atoms with Crippen LogP contribution in [0.3, 0.4) is 0 Å². The standard InChI is InChI=1S/C22H23N5O2S/c1-3-14-5-4-6-15(10-14)24-18(28)11-27-22(29)26-12-23-21-19(20(26)25-27)16-8-7-13(2)9-17(16)30-21/h4-6,10,12-13H,3,7-9,11H2,1-2H3,(H,24,28). The average Bonchev–Trinajstić information content (AvgIpc) is 3.25. The van der Waals surface area contributed by atoms with Crippen molar-refractivity contribution in [1.29, 1.82) is 0 Å². The number of nitrogens with one attached hydrogen (secondary N) is 1. The van der Waals surface area contributed by atoms with Crippen molar-refractivity contribution in [3.8, 4) is 0 Å². The molecule has 0 spiro atoms. The van der Waals surface area contributed by atoms with E-state index in [0.29, 0.717) is 11.6 Å². The highest BCUT2D eigenvalue weighted by atomic mass is 32.1. The number of hydrogen-bond donors (Lipinski definition) is 1. The summed E-state index contributed by atoms with van der Waals surface area (Å²) < 4.78 is 2.68. The van der Waals surface area contributed by atoms with E-state index in [1.807, 2.05) is 24.3 Å². The molecule has 0 radical (unpaired) electrons. The van der Waals surface area contributed by atoms with Crippen LogP contribution >= 0.6 is 11.3 Å². The Kier molecular flexibility index (Phi) is 4.66. The van der Waals surface area contributed by atoms with Crippen molar-refractivity contribution >= 4 is 38.8 Å². The zero-order valence-electron chi connectivity index (χ0n) is 17.0. The van der Waals surface area contributed by atoms with Crippen molar-refractivity contribution in [3.63, 3.8) is 0 Å². The molecule has 4 aromatic rings. The maximum Gasteiger partial charge on any atom is 0.352 e. The number of thiophene rings is 1. The number of carbonyl (C=O) groups excluding carboxylic acids is 1. The molecule has 1 aliphatic carbocycles. The van der Waals surface area contributed by atoms with Gasteiger partial charge in [0.05, 0.1) is 5.39 Å². The molecule has 1 aromatic carbocycles. The Bertz CT molecular complexity index is 1330. The number of rotatable bonds is 4. The van der Waals surface area contributed by atoms with E-state index in [2.05, 4.69) is 29.2 Å². The third kappa shape index (κ3) is 3.21. The fraction of sp³-hybridized carbons (Fsp3) is 0.364. The lowest BCUT2D eigenvalue weighted by Crippen LogP contribution is -2.28. The Morgan fingerprint density at radius 2 is 2.23 bits per heavy atom. The van der Waals surface area contributed by atoms with Gasteiger partial charge in [-0.2, -0.15) is 0 Å². The number of carbonyl (C=O) groups is 1. The second kappa shape index (κ2) is 7.36. The number of fused-ring (bicyclic) bond motifs is 5. The lowest BCUT2D eigenvalue weighted by molar-refractivity contribution is -0.117. The van der Waals surface area contributed by atoms with Crippen LogP contribution in [-0.4, -0.2) is 25.1 Å². The molecule has 3 aromatic heterocycles. The molecular formula is C22H23N5O2S. The number of benzene rings is 1. The highest BCUT2D eigenvalue weighted by Crippen LogP contribution is 2.38. The molecule has 0 saturated carbocycles. The first-order valence-corrected chi connectivity index (χ1v) is 11.1. The summed E-state index contributed by atoms with van der Waals surface area (Å²) in [5.74, 6) is 0.385. The SMILES string of the molecule is CCc1cccc(NC(=O)Cn2nc3c4c5c(sc4ncn3c2=O)CC(C)CC5)c1. The number of aryl methyl sites for hydroxylation is 2. The van der Waals surface area contributed by atoms with Gasteiger partial charge in [-0.1, -0.05) is 26.0 Å². The minimum absolute atomic E-state index is 0.137. The predicted molar refractivity (Wildman–Crippen MR) is 118 cm³/mol. The molecule has 0 fully saturated rings. The minimum Gasteiger partial charge on any atom is -0.324 e. The normalized spacial score (nSPS) is 16.1. The molecule has 1 unspecified atom stereocenters. The molecule has 1 amide bonds. The average molecular weight is 422 g/mol. The van der Waals surface area contributed by atoms with Crippen LogP contribution in [0.2, 0.25) is 0 Å². The van der Waals surface area contributed by atoms with Crippen LogP contribution < -0.4 is 11.0 Å². The third-order valence-corrected chi connectivity index (χ3v) is 6.95. The van der Waals surface area contributed by atoms with Gasteiger partial charge in [0.2, 0.25) is 5.91 Å². The van der Waals surface area contributed by atoms with Crippen molar-refractivity contribution in [2.45, 2.75) is 46.1 Å². The van der Waals surface area contributed by atoms with Crippen LogP contribution in [0.25, 0.3) is 15.9 Å². The van der Waals surface area contributed by atoms with Crippen LogP contribution in [0.4, 0.5) is 5.69 Å². The third-order valence-electron chi connectivity index (χ3n) is 5.79. The van der Waals surface area contributed by atoms with Crippen LogP contribution in [0.15, 0.2) is 35.4 Å². The first kappa shape index (κ1) is 19.0. The Hall–Kier alpha value is -3.00. The lowest BCUT2D eigenvalue weighted by atomic mass is 9.89. The summed E-state index contributed by atoms with van der Waals surface area (Å²) in [5, 5.41) is 8.36. The molecule has 30 heavy (non-hydrogen) atoms. The van der Waals surface area contributed by atoms with Crippen LogP contribution in [0, 0.1) is 5.92 Å². The van der Waals surface area contributed by atoms with E-state index in [0.717, 1.165) is 47.2 Å². The predicted octanol–water partition coefficient (Wildman–Crippen LogP) is 3.43. The first-order chi connectivity index (χ1) is 14.5. The summed E-state index contributed by atoms with van der Waals surface area (Å²) in [6, 6.07) is 7.71. The van der Waals surface area contributed by atoms with Gasteiger partial charge in [0.25, 0.3) is 0 Å². The molecule has 154 valence electrons. The summed E-state index contributed by atoms with van der Waals surface area (Å²) in [4.78, 5) is 32.2. The van der Waals surface area contributed by atoms with Crippen molar-refractivity contribution in [2.75, 3.05) is 5.32 Å². The Balaban J connectivity index is 1.49. The zero-order chi connectivity index (χ0) is 20.8. The largest absolute Gasteiger partial charge is 0.352 e. The maximum absolute atomic E-state index is 12.8.